The molecule has 0 atom stereocenters. The summed E-state index contributed by atoms with van der Waals surface area (Å²) in [4.78, 5) is 28.3. The lowest BCUT2D eigenvalue weighted by Crippen LogP contribution is -2.17. The van der Waals surface area contributed by atoms with E-state index in [4.69, 9.17) is 17.0 Å². The van der Waals surface area contributed by atoms with Gasteiger partial charge in [-0.15, -0.1) is 0 Å². The van der Waals surface area contributed by atoms with Crippen molar-refractivity contribution in [3.8, 4) is 0 Å². The number of amides is 1. The van der Waals surface area contributed by atoms with Gasteiger partial charge in [0.15, 0.2) is 4.77 Å². The van der Waals surface area contributed by atoms with Gasteiger partial charge >= 0.3 is 0 Å². The number of hydrogen-bond donors (Lipinski definition) is 2. The normalized spacial score (nSPS) is 14.3. The maximum Gasteiger partial charge on any atom is 0.251 e. The Bertz CT molecular complexity index is 480. The molecule has 2 heterocycles. The molecule has 1 fully saturated rings. The summed E-state index contributed by atoms with van der Waals surface area (Å²) in [5.41, 5.74) is 0.474. The summed E-state index contributed by atoms with van der Waals surface area (Å²) in [6.45, 7) is 1.33. The molecule has 0 spiro atoms. The minimum absolute atomic E-state index is 0.208. The second-order valence-corrected chi connectivity index (χ2v) is 4.37. The van der Waals surface area contributed by atoms with Gasteiger partial charge in [0.05, 0.1) is 6.61 Å². The lowest BCUT2D eigenvalue weighted by atomic mass is 10.4. The first-order chi connectivity index (χ1) is 8.52. The fourth-order valence-corrected chi connectivity index (χ4v) is 1.77. The molecular formula is C11H17N3O3S. The number of methoxy groups -OCH3 is 1. The van der Waals surface area contributed by atoms with E-state index < -0.39 is 0 Å². The molecule has 7 heteroatoms. The van der Waals surface area contributed by atoms with Crippen molar-refractivity contribution < 1.29 is 9.53 Å². The summed E-state index contributed by atoms with van der Waals surface area (Å²) >= 11 is 4.73. The summed E-state index contributed by atoms with van der Waals surface area (Å²) < 4.78 is 5.13. The molecule has 18 heavy (non-hydrogen) atoms. The van der Waals surface area contributed by atoms with Gasteiger partial charge in [-0.05, 0) is 18.6 Å². The number of nitrogens with zero attached hydrogens (tertiary/aromatic N) is 1. The van der Waals surface area contributed by atoms with Crippen molar-refractivity contribution in [1.82, 2.24) is 14.9 Å². The van der Waals surface area contributed by atoms with Gasteiger partial charge in [-0.1, -0.05) is 0 Å². The molecule has 0 bridgehead atoms. The van der Waals surface area contributed by atoms with Gasteiger partial charge in [-0.3, -0.25) is 14.6 Å². The van der Waals surface area contributed by atoms with Gasteiger partial charge in [0, 0.05) is 38.9 Å². The van der Waals surface area contributed by atoms with Gasteiger partial charge < -0.3 is 14.6 Å². The first-order valence-corrected chi connectivity index (χ1v) is 5.99. The molecule has 6 nitrogen and oxygen atoms in total. The highest BCUT2D eigenvalue weighted by atomic mass is 32.1. The molecule has 1 aromatic heterocycles. The number of carbonyl (C=O) groups excluding carboxylic acids is 1. The van der Waals surface area contributed by atoms with Crippen LogP contribution in [0.2, 0.25) is 0 Å². The molecule has 1 saturated heterocycles. The first-order valence-electron chi connectivity index (χ1n) is 5.58. The Balaban J connectivity index is 0.000000199. The van der Waals surface area contributed by atoms with Crippen LogP contribution in [0.15, 0.2) is 10.9 Å². The summed E-state index contributed by atoms with van der Waals surface area (Å²) in [5.74, 6) is 0.292. The van der Waals surface area contributed by atoms with Gasteiger partial charge in [0.25, 0.3) is 5.56 Å². The maximum atomic E-state index is 10.8. The number of aromatic amines is 2. The molecule has 1 aliphatic rings. The quantitative estimate of drug-likeness (QED) is 0.781. The molecule has 0 saturated carbocycles. The Hall–Kier alpha value is -1.47. The molecule has 2 rings (SSSR count). The van der Waals surface area contributed by atoms with E-state index >= 15 is 0 Å². The van der Waals surface area contributed by atoms with Gasteiger partial charge in [0.2, 0.25) is 5.91 Å². The number of ether oxygens (including phenoxy) is 1. The molecule has 1 aromatic rings. The second kappa shape index (κ2) is 7.07. The predicted molar refractivity (Wildman–Crippen MR) is 69.8 cm³/mol. The number of H-pyrrole nitrogens is 2. The molecule has 2 N–H and O–H groups in total. The van der Waals surface area contributed by atoms with Gasteiger partial charge in [0.1, 0.15) is 0 Å². The van der Waals surface area contributed by atoms with Crippen molar-refractivity contribution in [3.05, 3.63) is 26.9 Å². The summed E-state index contributed by atoms with van der Waals surface area (Å²) in [7, 11) is 3.40. The Labute approximate surface area is 110 Å². The number of hydrogen-bond acceptors (Lipinski definition) is 4. The van der Waals surface area contributed by atoms with E-state index in [9.17, 15) is 9.59 Å². The van der Waals surface area contributed by atoms with Crippen LogP contribution in [0.25, 0.3) is 0 Å². The van der Waals surface area contributed by atoms with Crippen LogP contribution in [-0.2, 0) is 16.1 Å². The number of carbonyl (C=O) groups is 1. The average molecular weight is 271 g/mol. The number of aromatic nitrogens is 2. The van der Waals surface area contributed by atoms with Gasteiger partial charge in [-0.25, -0.2) is 0 Å². The fourth-order valence-electron chi connectivity index (χ4n) is 1.54. The van der Waals surface area contributed by atoms with Crippen LogP contribution >= 0.6 is 12.2 Å². The Morgan fingerprint density at radius 3 is 2.56 bits per heavy atom. The van der Waals surface area contributed by atoms with E-state index in [2.05, 4.69) is 9.97 Å². The van der Waals surface area contributed by atoms with Crippen molar-refractivity contribution >= 4 is 18.1 Å². The van der Waals surface area contributed by atoms with Crippen LogP contribution in [0.3, 0.4) is 0 Å². The third kappa shape index (κ3) is 4.80. The minimum atomic E-state index is -0.208. The van der Waals surface area contributed by atoms with Crippen molar-refractivity contribution in [3.63, 3.8) is 0 Å². The highest BCUT2D eigenvalue weighted by molar-refractivity contribution is 7.71. The first kappa shape index (κ1) is 14.6. The van der Waals surface area contributed by atoms with Crippen LogP contribution in [0, 0.1) is 4.77 Å². The minimum Gasteiger partial charge on any atom is -0.378 e. The highest BCUT2D eigenvalue weighted by Gasteiger charge is 2.14. The lowest BCUT2D eigenvalue weighted by molar-refractivity contribution is -0.126. The molecule has 1 amide bonds. The number of likely N-dealkylation sites (tertiary alicyclic amines) is 1. The van der Waals surface area contributed by atoms with E-state index in [0.717, 1.165) is 19.4 Å². The largest absolute Gasteiger partial charge is 0.378 e. The molecule has 0 aromatic carbocycles. The summed E-state index contributed by atoms with van der Waals surface area (Å²) in [6, 6.07) is 1.42. The highest BCUT2D eigenvalue weighted by Crippen LogP contribution is 2.04. The van der Waals surface area contributed by atoms with Crippen molar-refractivity contribution in [1.29, 1.82) is 0 Å². The monoisotopic (exact) mass is 271 g/mol. The van der Waals surface area contributed by atoms with Crippen LogP contribution in [0.5, 0.6) is 0 Å². The van der Waals surface area contributed by atoms with Crippen LogP contribution in [0.1, 0.15) is 18.5 Å². The smallest absolute Gasteiger partial charge is 0.251 e. The molecule has 1 aliphatic heterocycles. The van der Waals surface area contributed by atoms with Crippen molar-refractivity contribution in [2.75, 3.05) is 20.7 Å². The predicted octanol–water partition coefficient (Wildman–Crippen LogP) is 0.817. The molecule has 0 aliphatic carbocycles. The number of nitrogens with one attached hydrogen (secondary N) is 2. The van der Waals surface area contributed by atoms with Crippen LogP contribution in [-0.4, -0.2) is 41.5 Å². The van der Waals surface area contributed by atoms with E-state index in [1.807, 2.05) is 7.05 Å². The average Bonchev–Trinajstić information content (AvgIpc) is 2.63. The number of rotatable bonds is 2. The second-order valence-electron chi connectivity index (χ2n) is 3.96. The van der Waals surface area contributed by atoms with E-state index in [0.29, 0.717) is 23.0 Å². The van der Waals surface area contributed by atoms with Crippen LogP contribution in [0.4, 0.5) is 0 Å². The third-order valence-electron chi connectivity index (χ3n) is 2.43. The SMILES string of the molecule is CN1CCCC1=O.COCc1cc(=O)[nH]c(=S)[nH]1. The van der Waals surface area contributed by atoms with Crippen molar-refractivity contribution in [2.45, 2.75) is 19.4 Å². The molecular weight excluding hydrogens is 254 g/mol. The van der Waals surface area contributed by atoms with Crippen molar-refractivity contribution in [2.24, 2.45) is 0 Å². The summed E-state index contributed by atoms with van der Waals surface area (Å²) in [5, 5.41) is 0. The molecule has 0 radical (unpaired) electrons. The van der Waals surface area contributed by atoms with E-state index in [-0.39, 0.29) is 5.56 Å². The zero-order valence-corrected chi connectivity index (χ0v) is 11.3. The van der Waals surface area contributed by atoms with E-state index in [1.54, 1.807) is 12.0 Å². The maximum absolute atomic E-state index is 10.8. The van der Waals surface area contributed by atoms with Crippen LogP contribution < -0.4 is 5.56 Å². The fraction of sp³-hybridized carbons (Fsp3) is 0.545. The molecule has 100 valence electrons. The Morgan fingerprint density at radius 2 is 2.17 bits per heavy atom. The zero-order chi connectivity index (χ0) is 13.5. The standard InChI is InChI=1S/C6H8N2O2S.C5H9NO/c1-10-3-4-2-5(9)8-6(11)7-4;1-6-4-2-3-5(6)7/h2H,3H2,1H3,(H2,7,8,9,11);2-4H2,1H3. The third-order valence-corrected chi connectivity index (χ3v) is 2.63. The lowest BCUT2D eigenvalue weighted by Gasteiger charge is -2.03. The molecule has 0 unspecified atom stereocenters. The Morgan fingerprint density at radius 1 is 1.44 bits per heavy atom. The zero-order valence-electron chi connectivity index (χ0n) is 10.5. The summed E-state index contributed by atoms with van der Waals surface area (Å²) in [6.07, 6.45) is 1.81. The van der Waals surface area contributed by atoms with Gasteiger partial charge in [-0.2, -0.15) is 0 Å². The Kier molecular flexibility index (Phi) is 5.73. The van der Waals surface area contributed by atoms with E-state index in [1.165, 1.54) is 6.07 Å². The topological polar surface area (TPSA) is 78.2 Å².